The monoisotopic (exact) mass is 688 g/mol. The normalized spacial score (nSPS) is 34.3. The summed E-state index contributed by atoms with van der Waals surface area (Å²) in [6.07, 6.45) is 9.66. The van der Waals surface area contributed by atoms with Crippen LogP contribution in [-0.4, -0.2) is 41.5 Å². The van der Waals surface area contributed by atoms with E-state index in [1.807, 2.05) is 6.08 Å². The molecule has 0 radical (unpaired) electrons. The number of halogens is 1. The van der Waals surface area contributed by atoms with Crippen LogP contribution in [0.25, 0.3) is 0 Å². The zero-order chi connectivity index (χ0) is 29.7. The number of hydrogen-bond donors (Lipinski definition) is 0. The van der Waals surface area contributed by atoms with E-state index in [1.54, 1.807) is 13.8 Å². The molecule has 1 aromatic carbocycles. The van der Waals surface area contributed by atoms with Gasteiger partial charge in [0.15, 0.2) is 0 Å². The second kappa shape index (κ2) is 11.7. The van der Waals surface area contributed by atoms with Crippen molar-refractivity contribution in [2.24, 2.45) is 41.4 Å². The number of hydrogen-bond acceptors (Lipinski definition) is 5. The predicted octanol–water partition coefficient (Wildman–Crippen LogP) is 7.86. The van der Waals surface area contributed by atoms with Crippen LogP contribution in [-0.2, 0) is 23.5 Å². The Hall–Kier alpha value is -1.73. The maximum atomic E-state index is 13.2. The summed E-state index contributed by atoms with van der Waals surface area (Å²) in [7, 11) is 0. The Morgan fingerprint density at radius 3 is 2.46 bits per heavy atom. The number of ether oxygens (including phenoxy) is 3. The number of allylic oxidation sites excluding steroid dienone is 4. The van der Waals surface area contributed by atoms with Crippen molar-refractivity contribution in [1.29, 1.82) is 0 Å². The molecule has 0 N–H and O–H groups in total. The first-order valence-electron chi connectivity index (χ1n) is 15.2. The van der Waals surface area contributed by atoms with Gasteiger partial charge in [-0.25, -0.2) is 4.79 Å². The number of cyclic esters (lactones) is 1. The average Bonchev–Trinajstić information content (AvgIpc) is 3.17. The van der Waals surface area contributed by atoms with E-state index in [-0.39, 0.29) is 41.8 Å². The van der Waals surface area contributed by atoms with E-state index in [0.29, 0.717) is 23.5 Å². The van der Waals surface area contributed by atoms with Crippen LogP contribution in [0.2, 0.25) is 14.8 Å². The summed E-state index contributed by atoms with van der Waals surface area (Å²) in [5.74, 6) is 1.25. The average molecular weight is 688 g/mol. The van der Waals surface area contributed by atoms with Crippen molar-refractivity contribution in [3.8, 4) is 5.75 Å². The van der Waals surface area contributed by atoms with Gasteiger partial charge in [-0.05, 0) is 11.6 Å². The second-order valence-corrected chi connectivity index (χ2v) is 30.4. The van der Waals surface area contributed by atoms with Crippen LogP contribution < -0.4 is 4.74 Å². The summed E-state index contributed by atoms with van der Waals surface area (Å²) < 4.78 is 20.2. The molecule has 8 atom stereocenters. The number of benzene rings is 1. The zero-order valence-electron chi connectivity index (χ0n) is 25.3. The Balaban J connectivity index is 1.58. The fourth-order valence-electron chi connectivity index (χ4n) is 7.93. The topological polar surface area (TPSA) is 61.8 Å². The molecule has 1 aliphatic heterocycles. The Bertz CT molecular complexity index is 1240. The van der Waals surface area contributed by atoms with Crippen molar-refractivity contribution in [3.63, 3.8) is 0 Å². The van der Waals surface area contributed by atoms with Crippen LogP contribution in [0.4, 0.5) is 0 Å². The Kier molecular flexibility index (Phi) is 8.80. The summed E-state index contributed by atoms with van der Waals surface area (Å²) in [6.45, 7) is 9.98. The summed E-state index contributed by atoms with van der Waals surface area (Å²) >= 11 is 3.88. The number of carbonyl (C=O) groups is 2. The van der Waals surface area contributed by atoms with Crippen molar-refractivity contribution in [2.75, 3.05) is 0 Å². The number of fused-ring (bicyclic) bond motifs is 3. The standard InChI is InChI=1S/C31H36ClO5.3CH3.Sn/c1-6-19-10-14-21-23-15-18(3)9-13-22(23)28(35-20-11-7-17(2)8-12-20)27(21)26(19)29-24(16-25(32)33)30(34)37-31(4,5)36-29;;;;/h6-8,10-12,14,18-19,21-23,26-28H,1-2,9,13,15-16H2,3-5H3;3*1H3;/t18-,19+,21+,22-,23+,26+,27+,28+;;;;/m1..../s1. The molecule has 41 heavy (non-hydrogen) atoms. The van der Waals surface area contributed by atoms with Crippen LogP contribution in [0, 0.1) is 41.4 Å². The van der Waals surface area contributed by atoms with Gasteiger partial charge in [-0.2, -0.15) is 0 Å². The molecule has 5 rings (SSSR count). The van der Waals surface area contributed by atoms with Gasteiger partial charge in [-0.15, -0.1) is 0 Å². The Morgan fingerprint density at radius 1 is 1.12 bits per heavy atom. The quantitative estimate of drug-likeness (QED) is 0.121. The van der Waals surface area contributed by atoms with E-state index in [1.165, 1.54) is 16.4 Å². The first-order valence-corrected chi connectivity index (χ1v) is 26.1. The van der Waals surface area contributed by atoms with Gasteiger partial charge in [-0.3, -0.25) is 4.79 Å². The molecule has 0 bridgehead atoms. The predicted molar refractivity (Wildman–Crippen MR) is 165 cm³/mol. The Morgan fingerprint density at radius 2 is 1.83 bits per heavy atom. The molecule has 0 spiro atoms. The van der Waals surface area contributed by atoms with Gasteiger partial charge in [0.2, 0.25) is 5.24 Å². The molecule has 4 aliphatic rings. The molecule has 1 heterocycles. The van der Waals surface area contributed by atoms with E-state index < -0.39 is 35.4 Å². The maximum absolute atomic E-state index is 13.2. The number of carbonyl (C=O) groups excluding carboxylic acids is 2. The molecular formula is C34H45ClO5Sn. The van der Waals surface area contributed by atoms with Crippen molar-refractivity contribution in [3.05, 3.63) is 66.0 Å². The van der Waals surface area contributed by atoms with Gasteiger partial charge >= 0.3 is 211 Å². The van der Waals surface area contributed by atoms with Crippen LogP contribution in [0.5, 0.6) is 5.75 Å². The van der Waals surface area contributed by atoms with Gasteiger partial charge < -0.3 is 4.74 Å². The van der Waals surface area contributed by atoms with E-state index in [0.717, 1.165) is 18.6 Å². The number of rotatable bonds is 8. The third-order valence-electron chi connectivity index (χ3n) is 9.40. The molecule has 3 aliphatic carbocycles. The van der Waals surface area contributed by atoms with E-state index >= 15 is 0 Å². The fourth-order valence-corrected chi connectivity index (χ4v) is 12.2. The zero-order valence-corrected chi connectivity index (χ0v) is 28.9. The number of esters is 1. The second-order valence-electron chi connectivity index (χ2n) is 14.4. The molecule has 0 saturated heterocycles. The van der Waals surface area contributed by atoms with Crippen LogP contribution in [0.15, 0.2) is 60.4 Å². The molecule has 2 saturated carbocycles. The third kappa shape index (κ3) is 6.61. The van der Waals surface area contributed by atoms with E-state index in [2.05, 4.69) is 64.7 Å². The van der Waals surface area contributed by atoms with Gasteiger partial charge in [0.1, 0.15) is 0 Å². The summed E-state index contributed by atoms with van der Waals surface area (Å²) in [5.41, 5.74) is 1.60. The SMILES string of the molecule is C=C[C@H]1C=C[C@H]2[C@@H]3C[C@H](C)CC[C@H]3[C@H](Oc3ccc([CH2][Sn]([CH3])([CH3])[CH3])cc3)[C@@H]2[C@H]1C1=C(CC(=O)Cl)C(=O)OC(C)(C)O1. The summed E-state index contributed by atoms with van der Waals surface area (Å²) in [4.78, 5) is 32.7. The molecule has 2 fully saturated rings. The molecule has 7 heteroatoms. The molecule has 1 aromatic rings. The summed E-state index contributed by atoms with van der Waals surface area (Å²) in [5, 5.41) is -0.613. The van der Waals surface area contributed by atoms with Crippen LogP contribution in [0.3, 0.4) is 0 Å². The first kappa shape index (κ1) is 30.7. The van der Waals surface area contributed by atoms with Crippen molar-refractivity contribution >= 4 is 41.2 Å². The first-order chi connectivity index (χ1) is 19.3. The van der Waals surface area contributed by atoms with E-state index in [9.17, 15) is 9.59 Å². The molecular weight excluding hydrogens is 643 g/mol. The molecule has 0 amide bonds. The van der Waals surface area contributed by atoms with Crippen molar-refractivity contribution < 1.29 is 23.8 Å². The van der Waals surface area contributed by atoms with Crippen LogP contribution >= 0.6 is 11.6 Å². The van der Waals surface area contributed by atoms with Gasteiger partial charge in [0.05, 0.1) is 0 Å². The molecule has 0 unspecified atom stereocenters. The van der Waals surface area contributed by atoms with Gasteiger partial charge in [0, 0.05) is 13.8 Å². The minimum absolute atomic E-state index is 0.0471. The van der Waals surface area contributed by atoms with Crippen molar-refractivity contribution in [2.45, 2.75) is 77.6 Å². The third-order valence-corrected chi connectivity index (χ3v) is 13.7. The van der Waals surface area contributed by atoms with Gasteiger partial charge in [0.25, 0.3) is 0 Å². The van der Waals surface area contributed by atoms with Gasteiger partial charge in [-0.1, -0.05) is 0 Å². The Labute approximate surface area is 254 Å². The molecule has 5 nitrogen and oxygen atoms in total. The molecule has 0 aromatic heterocycles. The summed E-state index contributed by atoms with van der Waals surface area (Å²) in [6, 6.07) is 8.72. The minimum atomic E-state index is -1.96. The van der Waals surface area contributed by atoms with Crippen molar-refractivity contribution in [1.82, 2.24) is 0 Å². The fraction of sp³-hybridized carbons (Fsp3) is 0.588. The van der Waals surface area contributed by atoms with Crippen LogP contribution in [0.1, 0.15) is 52.0 Å². The molecule has 222 valence electrons. The van der Waals surface area contributed by atoms with E-state index in [4.69, 9.17) is 25.8 Å².